The van der Waals surface area contributed by atoms with Gasteiger partial charge in [-0.05, 0) is 64.2 Å². The fourth-order valence-corrected chi connectivity index (χ4v) is 5.01. The van der Waals surface area contributed by atoms with Gasteiger partial charge in [0, 0.05) is 30.6 Å². The lowest BCUT2D eigenvalue weighted by Crippen LogP contribution is -2.31. The monoisotopic (exact) mass is 416 g/mol. The summed E-state index contributed by atoms with van der Waals surface area (Å²) in [7, 11) is 0. The van der Waals surface area contributed by atoms with E-state index < -0.39 is 0 Å². The largest absolute Gasteiger partial charge is 0.508 e. The van der Waals surface area contributed by atoms with Crippen LogP contribution in [0.4, 0.5) is 0 Å². The van der Waals surface area contributed by atoms with E-state index >= 15 is 0 Å². The highest BCUT2D eigenvalue weighted by Crippen LogP contribution is 2.37. The zero-order valence-electron chi connectivity index (χ0n) is 17.8. The van der Waals surface area contributed by atoms with Crippen molar-refractivity contribution < 1.29 is 5.11 Å². The molecule has 0 fully saturated rings. The van der Waals surface area contributed by atoms with Crippen LogP contribution >= 0.6 is 0 Å². The zero-order valence-corrected chi connectivity index (χ0v) is 17.8. The summed E-state index contributed by atoms with van der Waals surface area (Å²) >= 11 is 0. The molecule has 5 aromatic rings. The van der Waals surface area contributed by atoms with E-state index in [0.717, 1.165) is 42.8 Å². The number of phenols is 1. The van der Waals surface area contributed by atoms with Crippen molar-refractivity contribution in [2.24, 2.45) is 0 Å². The van der Waals surface area contributed by atoms with Gasteiger partial charge < -0.3 is 5.11 Å². The molecule has 2 heterocycles. The molecule has 0 atom stereocenters. The number of hydrogen-bond donors (Lipinski definition) is 1. The summed E-state index contributed by atoms with van der Waals surface area (Å²) in [4.78, 5) is 7.69. The number of aromatic nitrogens is 1. The number of fused-ring (bicyclic) bond motifs is 5. The Morgan fingerprint density at radius 1 is 0.781 bits per heavy atom. The predicted octanol–water partition coefficient (Wildman–Crippen LogP) is 6.32. The third kappa shape index (κ3) is 3.31. The standard InChI is InChI=1S/C29H24N2O/c32-23-13-10-22(11-14-23)29-26-19-31(18-20-6-2-1-3-7-20)17-16-25(26)28-24-9-5-4-8-21(24)12-15-27(28)30-29/h1-15,32H,16-19H2. The van der Waals surface area contributed by atoms with Crippen molar-refractivity contribution >= 4 is 21.7 Å². The van der Waals surface area contributed by atoms with E-state index in [9.17, 15) is 5.11 Å². The predicted molar refractivity (Wildman–Crippen MR) is 131 cm³/mol. The molecule has 156 valence electrons. The lowest BCUT2D eigenvalue weighted by atomic mass is 9.89. The Hall–Kier alpha value is -3.69. The van der Waals surface area contributed by atoms with E-state index in [1.54, 1.807) is 12.1 Å². The van der Waals surface area contributed by atoms with Crippen molar-refractivity contribution in [3.05, 3.63) is 108 Å². The minimum absolute atomic E-state index is 0.278. The molecule has 0 aliphatic carbocycles. The molecule has 1 N–H and O–H groups in total. The minimum Gasteiger partial charge on any atom is -0.508 e. The molecular formula is C29H24N2O. The van der Waals surface area contributed by atoms with Crippen molar-refractivity contribution in [2.45, 2.75) is 19.5 Å². The molecule has 0 bridgehead atoms. The molecule has 4 aromatic carbocycles. The van der Waals surface area contributed by atoms with Gasteiger partial charge in [-0.1, -0.05) is 60.7 Å². The molecule has 32 heavy (non-hydrogen) atoms. The molecule has 1 aliphatic rings. The van der Waals surface area contributed by atoms with Gasteiger partial charge in [-0.25, -0.2) is 4.98 Å². The summed E-state index contributed by atoms with van der Waals surface area (Å²) in [6.07, 6.45) is 1.00. The van der Waals surface area contributed by atoms with Crippen LogP contribution in [0.5, 0.6) is 5.75 Å². The van der Waals surface area contributed by atoms with Crippen LogP contribution in [0.25, 0.3) is 32.9 Å². The van der Waals surface area contributed by atoms with Crippen molar-refractivity contribution in [3.8, 4) is 17.0 Å². The van der Waals surface area contributed by atoms with Crippen molar-refractivity contribution in [1.82, 2.24) is 9.88 Å². The number of aromatic hydroxyl groups is 1. The van der Waals surface area contributed by atoms with Gasteiger partial charge >= 0.3 is 0 Å². The zero-order chi connectivity index (χ0) is 21.5. The second-order valence-electron chi connectivity index (χ2n) is 8.59. The molecule has 1 aliphatic heterocycles. The quantitative estimate of drug-likeness (QED) is 0.350. The number of phenolic OH excluding ortho intramolecular Hbond substituents is 1. The highest BCUT2D eigenvalue weighted by atomic mass is 16.3. The maximum Gasteiger partial charge on any atom is 0.115 e. The normalized spacial score (nSPS) is 14.0. The van der Waals surface area contributed by atoms with Crippen LogP contribution in [0.3, 0.4) is 0 Å². The van der Waals surface area contributed by atoms with Gasteiger partial charge in [0.05, 0.1) is 11.2 Å². The summed E-state index contributed by atoms with van der Waals surface area (Å²) in [5.41, 5.74) is 7.18. The first-order chi connectivity index (χ1) is 15.8. The first-order valence-electron chi connectivity index (χ1n) is 11.2. The fraction of sp³-hybridized carbons (Fsp3) is 0.138. The summed E-state index contributed by atoms with van der Waals surface area (Å²) in [5.74, 6) is 0.278. The third-order valence-electron chi connectivity index (χ3n) is 6.54. The van der Waals surface area contributed by atoms with Gasteiger partial charge in [0.1, 0.15) is 5.75 Å². The lowest BCUT2D eigenvalue weighted by Gasteiger charge is -2.31. The van der Waals surface area contributed by atoms with Crippen LogP contribution in [0, 0.1) is 0 Å². The molecule has 0 spiro atoms. The molecule has 6 rings (SSSR count). The van der Waals surface area contributed by atoms with Gasteiger partial charge in [0.25, 0.3) is 0 Å². The number of rotatable bonds is 3. The molecule has 0 radical (unpaired) electrons. The summed E-state index contributed by atoms with van der Waals surface area (Å²) in [6, 6.07) is 31.1. The van der Waals surface area contributed by atoms with Crippen molar-refractivity contribution in [3.63, 3.8) is 0 Å². The molecule has 3 nitrogen and oxygen atoms in total. The molecule has 0 amide bonds. The van der Waals surface area contributed by atoms with Crippen LogP contribution in [-0.4, -0.2) is 21.5 Å². The molecule has 0 saturated heterocycles. The second-order valence-corrected chi connectivity index (χ2v) is 8.59. The first kappa shape index (κ1) is 19.0. The van der Waals surface area contributed by atoms with Crippen LogP contribution in [0.1, 0.15) is 16.7 Å². The lowest BCUT2D eigenvalue weighted by molar-refractivity contribution is 0.246. The van der Waals surface area contributed by atoms with Gasteiger partial charge in [0.2, 0.25) is 0 Å². The highest BCUT2D eigenvalue weighted by molar-refractivity contribution is 6.09. The van der Waals surface area contributed by atoms with E-state index in [4.69, 9.17) is 4.98 Å². The van der Waals surface area contributed by atoms with Crippen LogP contribution in [0.2, 0.25) is 0 Å². The SMILES string of the molecule is Oc1ccc(-c2nc3ccc4ccccc4c3c3c2CN(Cc2ccccc2)CC3)cc1. The Bertz CT molecular complexity index is 1430. The Labute approximate surface area is 187 Å². The number of nitrogens with zero attached hydrogens (tertiary/aromatic N) is 2. The van der Waals surface area contributed by atoms with E-state index in [-0.39, 0.29) is 5.75 Å². The number of hydrogen-bond acceptors (Lipinski definition) is 3. The Morgan fingerprint density at radius 3 is 2.41 bits per heavy atom. The first-order valence-corrected chi connectivity index (χ1v) is 11.2. The van der Waals surface area contributed by atoms with Gasteiger partial charge in [-0.3, -0.25) is 4.90 Å². The molecule has 1 aromatic heterocycles. The van der Waals surface area contributed by atoms with Crippen LogP contribution in [0.15, 0.2) is 91.0 Å². The van der Waals surface area contributed by atoms with Gasteiger partial charge in [0.15, 0.2) is 0 Å². The van der Waals surface area contributed by atoms with Crippen molar-refractivity contribution in [1.29, 1.82) is 0 Å². The third-order valence-corrected chi connectivity index (χ3v) is 6.54. The fourth-order valence-electron chi connectivity index (χ4n) is 5.01. The van der Waals surface area contributed by atoms with E-state index in [2.05, 4.69) is 71.6 Å². The Kier molecular flexibility index (Phi) is 4.62. The van der Waals surface area contributed by atoms with E-state index in [0.29, 0.717) is 0 Å². The molecule has 0 saturated carbocycles. The highest BCUT2D eigenvalue weighted by Gasteiger charge is 2.24. The van der Waals surface area contributed by atoms with Crippen molar-refractivity contribution in [2.75, 3.05) is 6.54 Å². The maximum atomic E-state index is 9.81. The topological polar surface area (TPSA) is 36.4 Å². The van der Waals surface area contributed by atoms with Gasteiger partial charge in [-0.2, -0.15) is 0 Å². The summed E-state index contributed by atoms with van der Waals surface area (Å²) < 4.78 is 0. The second kappa shape index (κ2) is 7.77. The minimum atomic E-state index is 0.278. The Morgan fingerprint density at radius 2 is 1.56 bits per heavy atom. The van der Waals surface area contributed by atoms with E-state index in [1.165, 1.54) is 32.8 Å². The summed E-state index contributed by atoms with van der Waals surface area (Å²) in [6.45, 7) is 2.83. The average Bonchev–Trinajstić information content (AvgIpc) is 2.84. The number of pyridine rings is 1. The van der Waals surface area contributed by atoms with E-state index in [1.807, 2.05) is 12.1 Å². The maximum absolute atomic E-state index is 9.81. The smallest absolute Gasteiger partial charge is 0.115 e. The molecule has 0 unspecified atom stereocenters. The summed E-state index contributed by atoms with van der Waals surface area (Å²) in [5, 5.41) is 13.6. The molecule has 3 heteroatoms. The van der Waals surface area contributed by atoms with Crippen LogP contribution in [-0.2, 0) is 19.5 Å². The van der Waals surface area contributed by atoms with Crippen LogP contribution < -0.4 is 0 Å². The number of benzene rings is 4. The molecular weight excluding hydrogens is 392 g/mol. The van der Waals surface area contributed by atoms with Gasteiger partial charge in [-0.15, -0.1) is 0 Å². The average molecular weight is 417 g/mol. The Balaban J connectivity index is 1.54.